The summed E-state index contributed by atoms with van der Waals surface area (Å²) >= 11 is 11.5. The van der Waals surface area contributed by atoms with E-state index in [4.69, 9.17) is 28.3 Å². The number of rotatable bonds is 2. The summed E-state index contributed by atoms with van der Waals surface area (Å²) in [4.78, 5) is 11.1. The van der Waals surface area contributed by atoms with Gasteiger partial charge in [-0.1, -0.05) is 23.2 Å². The Hall–Kier alpha value is -0.770. The highest BCUT2D eigenvalue weighted by Crippen LogP contribution is 2.25. The Kier molecular flexibility index (Phi) is 3.75. The smallest absolute Gasteiger partial charge is 0.252 e. The van der Waals surface area contributed by atoms with Gasteiger partial charge in [-0.05, 0) is 25.1 Å². The van der Waals surface area contributed by atoms with E-state index in [2.05, 4.69) is 5.32 Å². The van der Waals surface area contributed by atoms with Crippen LogP contribution in [-0.4, -0.2) is 17.1 Å². The Labute approximate surface area is 91.6 Å². The van der Waals surface area contributed by atoms with Crippen LogP contribution >= 0.6 is 23.2 Å². The molecule has 0 aliphatic carbocycles. The lowest BCUT2D eigenvalue weighted by atomic mass is 10.3. The normalized spacial score (nSPS) is 12.3. The van der Waals surface area contributed by atoms with Crippen LogP contribution in [0.4, 0.5) is 5.69 Å². The first-order valence-electron chi connectivity index (χ1n) is 3.94. The summed E-state index contributed by atoms with van der Waals surface area (Å²) < 4.78 is 0. The van der Waals surface area contributed by atoms with E-state index in [0.717, 1.165) is 0 Å². The number of aliphatic hydroxyl groups is 1. The fourth-order valence-corrected chi connectivity index (χ4v) is 1.17. The molecule has 1 atom stereocenters. The Morgan fingerprint density at radius 1 is 1.50 bits per heavy atom. The van der Waals surface area contributed by atoms with Crippen LogP contribution in [0.15, 0.2) is 18.2 Å². The molecule has 1 amide bonds. The van der Waals surface area contributed by atoms with Gasteiger partial charge in [0.2, 0.25) is 0 Å². The molecule has 1 rings (SSSR count). The zero-order valence-corrected chi connectivity index (χ0v) is 8.93. The number of aliphatic hydroxyl groups excluding tert-OH is 1. The van der Waals surface area contributed by atoms with E-state index in [1.807, 2.05) is 0 Å². The van der Waals surface area contributed by atoms with Gasteiger partial charge in [-0.3, -0.25) is 4.79 Å². The average molecular weight is 234 g/mol. The van der Waals surface area contributed by atoms with Crippen molar-refractivity contribution in [1.29, 1.82) is 0 Å². The van der Waals surface area contributed by atoms with Gasteiger partial charge in [0.25, 0.3) is 5.91 Å². The number of amides is 1. The lowest BCUT2D eigenvalue weighted by molar-refractivity contribution is -0.123. The van der Waals surface area contributed by atoms with Crippen LogP contribution in [0, 0.1) is 0 Å². The molecule has 0 fully saturated rings. The van der Waals surface area contributed by atoms with Crippen molar-refractivity contribution in [2.24, 2.45) is 0 Å². The van der Waals surface area contributed by atoms with Crippen molar-refractivity contribution >= 4 is 34.8 Å². The standard InChI is InChI=1S/C9H9Cl2NO2/c1-5(13)9(14)12-8-4-6(10)2-3-7(8)11/h2-5,13H,1H3,(H,12,14). The molecule has 0 saturated heterocycles. The number of anilines is 1. The van der Waals surface area contributed by atoms with E-state index in [0.29, 0.717) is 15.7 Å². The number of halogens is 2. The number of hydrogen-bond acceptors (Lipinski definition) is 2. The number of carbonyl (C=O) groups is 1. The predicted octanol–water partition coefficient (Wildman–Crippen LogP) is 2.31. The minimum Gasteiger partial charge on any atom is -0.384 e. The molecule has 0 spiro atoms. The molecule has 0 aromatic heterocycles. The van der Waals surface area contributed by atoms with Crippen LogP contribution in [0.2, 0.25) is 10.0 Å². The second-order valence-electron chi connectivity index (χ2n) is 2.79. The topological polar surface area (TPSA) is 49.3 Å². The van der Waals surface area contributed by atoms with Crippen molar-refractivity contribution < 1.29 is 9.90 Å². The number of hydrogen-bond donors (Lipinski definition) is 2. The Bertz CT molecular complexity index is 353. The zero-order chi connectivity index (χ0) is 10.7. The molecule has 0 aliphatic rings. The maximum absolute atomic E-state index is 11.1. The van der Waals surface area contributed by atoms with Crippen molar-refractivity contribution in [1.82, 2.24) is 0 Å². The van der Waals surface area contributed by atoms with Crippen molar-refractivity contribution in [2.75, 3.05) is 5.32 Å². The molecule has 5 heteroatoms. The van der Waals surface area contributed by atoms with Gasteiger partial charge in [0, 0.05) is 5.02 Å². The minimum atomic E-state index is -1.08. The molecular formula is C9H9Cl2NO2. The number of carbonyl (C=O) groups excluding carboxylic acids is 1. The van der Waals surface area contributed by atoms with Crippen LogP contribution in [0.3, 0.4) is 0 Å². The third-order valence-corrected chi connectivity index (χ3v) is 2.13. The molecule has 0 heterocycles. The lowest BCUT2D eigenvalue weighted by Crippen LogP contribution is -2.24. The zero-order valence-electron chi connectivity index (χ0n) is 7.42. The van der Waals surface area contributed by atoms with Gasteiger partial charge in [-0.25, -0.2) is 0 Å². The van der Waals surface area contributed by atoms with E-state index in [9.17, 15) is 4.79 Å². The summed E-state index contributed by atoms with van der Waals surface area (Å²) in [6.07, 6.45) is -1.08. The summed E-state index contributed by atoms with van der Waals surface area (Å²) in [5.41, 5.74) is 0.394. The molecule has 0 saturated carbocycles. The maximum Gasteiger partial charge on any atom is 0.252 e. The van der Waals surface area contributed by atoms with Crippen LogP contribution in [0.5, 0.6) is 0 Å². The summed E-state index contributed by atoms with van der Waals surface area (Å²) in [6, 6.07) is 4.70. The van der Waals surface area contributed by atoms with Gasteiger partial charge in [-0.15, -0.1) is 0 Å². The molecular weight excluding hydrogens is 225 g/mol. The molecule has 1 unspecified atom stereocenters. The highest BCUT2D eigenvalue weighted by atomic mass is 35.5. The van der Waals surface area contributed by atoms with E-state index < -0.39 is 12.0 Å². The minimum absolute atomic E-state index is 0.378. The first-order chi connectivity index (χ1) is 6.50. The van der Waals surface area contributed by atoms with Crippen molar-refractivity contribution in [3.8, 4) is 0 Å². The monoisotopic (exact) mass is 233 g/mol. The summed E-state index contributed by atoms with van der Waals surface area (Å²) in [5, 5.41) is 12.2. The van der Waals surface area contributed by atoms with Crippen molar-refractivity contribution in [3.63, 3.8) is 0 Å². The molecule has 1 aromatic rings. The van der Waals surface area contributed by atoms with Gasteiger partial charge < -0.3 is 10.4 Å². The van der Waals surface area contributed by atoms with Gasteiger partial charge in [0.05, 0.1) is 10.7 Å². The molecule has 76 valence electrons. The summed E-state index contributed by atoms with van der Waals surface area (Å²) in [6.45, 7) is 1.37. The summed E-state index contributed by atoms with van der Waals surface area (Å²) in [5.74, 6) is -0.519. The first-order valence-corrected chi connectivity index (χ1v) is 4.70. The van der Waals surface area contributed by atoms with E-state index in [-0.39, 0.29) is 0 Å². The third-order valence-electron chi connectivity index (χ3n) is 1.57. The van der Waals surface area contributed by atoms with E-state index in [1.54, 1.807) is 12.1 Å². The van der Waals surface area contributed by atoms with Crippen molar-refractivity contribution in [2.45, 2.75) is 13.0 Å². The van der Waals surface area contributed by atoms with E-state index in [1.165, 1.54) is 13.0 Å². The van der Waals surface area contributed by atoms with Crippen LogP contribution < -0.4 is 5.32 Å². The van der Waals surface area contributed by atoms with Crippen LogP contribution in [-0.2, 0) is 4.79 Å². The fourth-order valence-electron chi connectivity index (χ4n) is 0.830. The van der Waals surface area contributed by atoms with Gasteiger partial charge in [0.15, 0.2) is 0 Å². The molecule has 0 bridgehead atoms. The van der Waals surface area contributed by atoms with Gasteiger partial charge in [-0.2, -0.15) is 0 Å². The molecule has 2 N–H and O–H groups in total. The second-order valence-corrected chi connectivity index (χ2v) is 3.63. The van der Waals surface area contributed by atoms with Crippen LogP contribution in [0.1, 0.15) is 6.92 Å². The highest BCUT2D eigenvalue weighted by molar-refractivity contribution is 6.35. The SMILES string of the molecule is CC(O)C(=O)Nc1cc(Cl)ccc1Cl. The lowest BCUT2D eigenvalue weighted by Gasteiger charge is -2.08. The Morgan fingerprint density at radius 2 is 2.14 bits per heavy atom. The highest BCUT2D eigenvalue weighted by Gasteiger charge is 2.10. The summed E-state index contributed by atoms with van der Waals surface area (Å²) in [7, 11) is 0. The van der Waals surface area contributed by atoms with Crippen LogP contribution in [0.25, 0.3) is 0 Å². The van der Waals surface area contributed by atoms with Crippen molar-refractivity contribution in [3.05, 3.63) is 28.2 Å². The molecule has 1 aromatic carbocycles. The third kappa shape index (κ3) is 2.87. The Morgan fingerprint density at radius 3 is 2.71 bits per heavy atom. The molecule has 14 heavy (non-hydrogen) atoms. The second kappa shape index (κ2) is 4.64. The Balaban J connectivity index is 2.86. The first kappa shape index (κ1) is 11.3. The largest absolute Gasteiger partial charge is 0.384 e. The number of nitrogens with one attached hydrogen (secondary N) is 1. The van der Waals surface area contributed by atoms with E-state index >= 15 is 0 Å². The van der Waals surface area contributed by atoms with Gasteiger partial charge >= 0.3 is 0 Å². The molecule has 3 nitrogen and oxygen atoms in total. The molecule has 0 aliphatic heterocycles. The molecule has 0 radical (unpaired) electrons. The average Bonchev–Trinajstić information content (AvgIpc) is 2.11. The predicted molar refractivity (Wildman–Crippen MR) is 56.8 cm³/mol. The number of benzene rings is 1. The maximum atomic E-state index is 11.1. The fraction of sp³-hybridized carbons (Fsp3) is 0.222. The van der Waals surface area contributed by atoms with Gasteiger partial charge in [0.1, 0.15) is 6.10 Å². The quantitative estimate of drug-likeness (QED) is 0.824.